The highest BCUT2D eigenvalue weighted by Crippen LogP contribution is 2.21. The first-order chi connectivity index (χ1) is 13.9. The Labute approximate surface area is 169 Å². The van der Waals surface area contributed by atoms with Crippen molar-refractivity contribution in [3.8, 4) is 0 Å². The fourth-order valence-corrected chi connectivity index (χ4v) is 3.13. The summed E-state index contributed by atoms with van der Waals surface area (Å²) in [7, 11) is 2.81. The molecule has 0 atom stereocenters. The number of benzene rings is 2. The highest BCUT2D eigenvalue weighted by atomic mass is 16.5. The maximum atomic E-state index is 13.1. The number of esters is 1. The molecule has 0 bridgehead atoms. The van der Waals surface area contributed by atoms with Crippen molar-refractivity contribution in [3.63, 3.8) is 0 Å². The van der Waals surface area contributed by atoms with E-state index in [2.05, 4.69) is 0 Å². The van der Waals surface area contributed by atoms with E-state index in [1.165, 1.54) is 29.7 Å². The first-order valence-corrected chi connectivity index (χ1v) is 9.13. The third-order valence-corrected chi connectivity index (χ3v) is 4.83. The largest absolute Gasteiger partial charge is 0.465 e. The summed E-state index contributed by atoms with van der Waals surface area (Å²) in [4.78, 5) is 39.3. The van der Waals surface area contributed by atoms with Gasteiger partial charge in [-0.05, 0) is 42.3 Å². The summed E-state index contributed by atoms with van der Waals surface area (Å²) in [6.07, 6.45) is 1.66. The molecule has 1 amide bonds. The molecular weight excluding hydrogens is 368 g/mol. The van der Waals surface area contributed by atoms with E-state index in [9.17, 15) is 14.4 Å². The fourth-order valence-electron chi connectivity index (χ4n) is 3.13. The lowest BCUT2D eigenvalue weighted by Crippen LogP contribution is -2.35. The molecule has 0 saturated heterocycles. The number of nitrogens with zero attached hydrogens (tertiary/aromatic N) is 2. The van der Waals surface area contributed by atoms with Crippen molar-refractivity contribution >= 4 is 17.6 Å². The molecule has 1 heterocycles. The summed E-state index contributed by atoms with van der Waals surface area (Å²) in [5.41, 5.74) is 2.34. The van der Waals surface area contributed by atoms with E-state index in [1.807, 2.05) is 31.2 Å². The highest BCUT2D eigenvalue weighted by molar-refractivity contribution is 6.09. The van der Waals surface area contributed by atoms with Crippen LogP contribution in [0.1, 0.15) is 31.8 Å². The van der Waals surface area contributed by atoms with Gasteiger partial charge in [0.15, 0.2) is 0 Å². The van der Waals surface area contributed by atoms with Crippen LogP contribution in [0.2, 0.25) is 0 Å². The zero-order valence-corrected chi connectivity index (χ0v) is 16.6. The minimum absolute atomic E-state index is 0.0308. The summed E-state index contributed by atoms with van der Waals surface area (Å²) in [5, 5.41) is 0. The minimum atomic E-state index is -0.551. The van der Waals surface area contributed by atoms with Gasteiger partial charge in [0.2, 0.25) is 0 Å². The number of methoxy groups -OCH3 is 1. The number of hydrogen-bond donors (Lipinski definition) is 0. The molecule has 0 aliphatic carbocycles. The van der Waals surface area contributed by atoms with Crippen molar-refractivity contribution in [1.82, 2.24) is 4.57 Å². The van der Waals surface area contributed by atoms with Gasteiger partial charge in [0.05, 0.1) is 24.9 Å². The topological polar surface area (TPSA) is 68.6 Å². The number of anilines is 1. The molecule has 6 heteroatoms. The van der Waals surface area contributed by atoms with Crippen LogP contribution in [-0.4, -0.2) is 30.6 Å². The van der Waals surface area contributed by atoms with E-state index >= 15 is 0 Å². The lowest BCUT2D eigenvalue weighted by atomic mass is 10.1. The highest BCUT2D eigenvalue weighted by Gasteiger charge is 2.22. The smallest absolute Gasteiger partial charge is 0.339 e. The molecule has 0 radical (unpaired) electrons. The van der Waals surface area contributed by atoms with Gasteiger partial charge in [-0.1, -0.05) is 36.4 Å². The van der Waals surface area contributed by atoms with E-state index in [1.54, 1.807) is 36.5 Å². The average Bonchev–Trinajstić information content (AvgIpc) is 2.75. The van der Waals surface area contributed by atoms with Gasteiger partial charge in [0.1, 0.15) is 5.56 Å². The molecule has 0 spiro atoms. The van der Waals surface area contributed by atoms with Crippen LogP contribution in [0.4, 0.5) is 5.69 Å². The molecule has 0 fully saturated rings. The van der Waals surface area contributed by atoms with E-state index in [4.69, 9.17) is 4.74 Å². The van der Waals surface area contributed by atoms with Crippen molar-refractivity contribution in [2.75, 3.05) is 19.1 Å². The van der Waals surface area contributed by atoms with Crippen LogP contribution in [0.5, 0.6) is 0 Å². The first-order valence-electron chi connectivity index (χ1n) is 9.13. The second-order valence-corrected chi connectivity index (χ2v) is 6.65. The number of rotatable bonds is 5. The van der Waals surface area contributed by atoms with E-state index < -0.39 is 11.9 Å². The number of pyridine rings is 1. The molecule has 3 rings (SSSR count). The zero-order chi connectivity index (χ0) is 21.0. The van der Waals surface area contributed by atoms with Crippen LogP contribution in [0.25, 0.3) is 0 Å². The van der Waals surface area contributed by atoms with Gasteiger partial charge in [0.25, 0.3) is 11.5 Å². The lowest BCUT2D eigenvalue weighted by molar-refractivity contribution is 0.0601. The number of hydrogen-bond acceptors (Lipinski definition) is 4. The Hall–Kier alpha value is -3.67. The molecule has 29 heavy (non-hydrogen) atoms. The van der Waals surface area contributed by atoms with Crippen LogP contribution >= 0.6 is 0 Å². The maximum Gasteiger partial charge on any atom is 0.339 e. The van der Waals surface area contributed by atoms with E-state index in [-0.39, 0.29) is 16.7 Å². The van der Waals surface area contributed by atoms with Gasteiger partial charge in [-0.25, -0.2) is 4.79 Å². The van der Waals surface area contributed by atoms with Gasteiger partial charge in [-0.2, -0.15) is 0 Å². The second-order valence-electron chi connectivity index (χ2n) is 6.65. The number of ether oxygens (including phenoxy) is 1. The number of carbonyl (C=O) groups is 2. The molecule has 148 valence electrons. The van der Waals surface area contributed by atoms with Crippen LogP contribution in [0.15, 0.2) is 71.7 Å². The Kier molecular flexibility index (Phi) is 5.93. The molecule has 2 aromatic carbocycles. The Morgan fingerprint density at radius 2 is 1.62 bits per heavy atom. The predicted molar refractivity (Wildman–Crippen MR) is 111 cm³/mol. The molecule has 0 aliphatic heterocycles. The Morgan fingerprint density at radius 1 is 0.966 bits per heavy atom. The SMILES string of the molecule is COC(=O)c1ccccc1N(C)C(=O)c1cccn(Cc2ccccc2C)c1=O. The first kappa shape index (κ1) is 20.1. The fraction of sp³-hybridized carbons (Fsp3) is 0.174. The molecule has 0 N–H and O–H groups in total. The summed E-state index contributed by atoms with van der Waals surface area (Å²) in [5.74, 6) is -1.05. The van der Waals surface area contributed by atoms with Crippen molar-refractivity contribution in [3.05, 3.63) is 99.5 Å². The molecule has 1 aromatic heterocycles. The Bertz CT molecular complexity index is 1120. The Morgan fingerprint density at radius 3 is 2.34 bits per heavy atom. The predicted octanol–water partition coefficient (Wildman–Crippen LogP) is 3.27. The van der Waals surface area contributed by atoms with Crippen LogP contribution in [-0.2, 0) is 11.3 Å². The second kappa shape index (κ2) is 8.56. The third-order valence-electron chi connectivity index (χ3n) is 4.83. The number of aromatic nitrogens is 1. The lowest BCUT2D eigenvalue weighted by Gasteiger charge is -2.20. The third kappa shape index (κ3) is 4.11. The van der Waals surface area contributed by atoms with Crippen molar-refractivity contribution in [1.29, 1.82) is 0 Å². The molecule has 0 aliphatic rings. The molecule has 6 nitrogen and oxygen atoms in total. The van der Waals surface area contributed by atoms with Gasteiger partial charge >= 0.3 is 5.97 Å². The van der Waals surface area contributed by atoms with Crippen molar-refractivity contribution in [2.24, 2.45) is 0 Å². The average molecular weight is 390 g/mol. The quantitative estimate of drug-likeness (QED) is 0.627. The number of amides is 1. The van der Waals surface area contributed by atoms with Gasteiger partial charge in [0, 0.05) is 13.2 Å². The number of aryl methyl sites for hydroxylation is 1. The maximum absolute atomic E-state index is 13.1. The van der Waals surface area contributed by atoms with Crippen LogP contribution in [0, 0.1) is 6.92 Å². The van der Waals surface area contributed by atoms with Gasteiger partial charge < -0.3 is 14.2 Å². The number of carbonyl (C=O) groups excluding carboxylic acids is 2. The molecule has 0 saturated carbocycles. The van der Waals surface area contributed by atoms with Gasteiger partial charge in [-0.15, -0.1) is 0 Å². The van der Waals surface area contributed by atoms with Crippen molar-refractivity contribution < 1.29 is 14.3 Å². The summed E-state index contributed by atoms with van der Waals surface area (Å²) in [6.45, 7) is 2.35. The van der Waals surface area contributed by atoms with Crippen molar-refractivity contribution in [2.45, 2.75) is 13.5 Å². The zero-order valence-electron chi connectivity index (χ0n) is 16.6. The van der Waals surface area contributed by atoms with Gasteiger partial charge in [-0.3, -0.25) is 9.59 Å². The van der Waals surface area contributed by atoms with E-state index in [0.717, 1.165) is 11.1 Å². The number of para-hydroxylation sites is 1. The van der Waals surface area contributed by atoms with Crippen LogP contribution in [0.3, 0.4) is 0 Å². The minimum Gasteiger partial charge on any atom is -0.465 e. The normalized spacial score (nSPS) is 10.4. The van der Waals surface area contributed by atoms with E-state index in [0.29, 0.717) is 12.2 Å². The Balaban J connectivity index is 1.96. The van der Waals surface area contributed by atoms with Crippen LogP contribution < -0.4 is 10.5 Å². The summed E-state index contributed by atoms with van der Waals surface area (Å²) >= 11 is 0. The monoisotopic (exact) mass is 390 g/mol. The standard InChI is InChI=1S/C23H22N2O4/c1-16-9-4-5-10-17(16)15-25-14-8-12-19(22(25)27)21(26)24(2)20-13-7-6-11-18(20)23(28)29-3/h4-14H,15H2,1-3H3. The molecular formula is C23H22N2O4. The summed E-state index contributed by atoms with van der Waals surface area (Å²) < 4.78 is 6.30. The summed E-state index contributed by atoms with van der Waals surface area (Å²) in [6, 6.07) is 17.6. The molecule has 3 aromatic rings. The molecule has 0 unspecified atom stereocenters.